The van der Waals surface area contributed by atoms with Crippen LogP contribution in [0.25, 0.3) is 0 Å². The normalized spacial score (nSPS) is 23.4. The third-order valence-corrected chi connectivity index (χ3v) is 6.41. The molecule has 5 nitrogen and oxygen atoms in total. The van der Waals surface area contributed by atoms with Gasteiger partial charge in [0.1, 0.15) is 5.60 Å². The standard InChI is InChI=1S/C22H31N3O2S/c28-21(23-19-11-7-2-1-3-8-12-19)26-25-15-13-22(14-16-25)17-20(24-27-22)18-9-5-4-6-10-18/h4-6,9-10,19H,1-3,7-8,11-17H2,(H,23,28). The second-order valence-electron chi connectivity index (χ2n) is 8.35. The fourth-order valence-electron chi connectivity index (χ4n) is 4.47. The van der Waals surface area contributed by atoms with Crippen molar-refractivity contribution >= 4 is 23.1 Å². The third kappa shape index (κ3) is 5.03. The van der Waals surface area contributed by atoms with Gasteiger partial charge in [-0.25, -0.2) is 0 Å². The minimum absolute atomic E-state index is 0.181. The van der Waals surface area contributed by atoms with E-state index < -0.39 is 0 Å². The molecule has 2 heterocycles. The molecule has 1 saturated carbocycles. The summed E-state index contributed by atoms with van der Waals surface area (Å²) in [5.41, 5.74) is 2.03. The van der Waals surface area contributed by atoms with Crippen LogP contribution >= 0.6 is 12.2 Å². The first-order chi connectivity index (χ1) is 13.7. The van der Waals surface area contributed by atoms with Crippen LogP contribution in [-0.2, 0) is 9.68 Å². The number of piperidine rings is 1. The first-order valence-corrected chi connectivity index (χ1v) is 11.2. The largest absolute Gasteiger partial charge is 0.388 e. The SMILES string of the molecule is S=C(NC1CCCCCCC1)ON1CCC2(CC1)CC(c1ccccc1)=NO2. The molecule has 0 atom stereocenters. The second-order valence-corrected chi connectivity index (χ2v) is 8.72. The molecule has 6 heteroatoms. The van der Waals surface area contributed by atoms with Crippen molar-refractivity contribution in [2.45, 2.75) is 75.9 Å². The topological polar surface area (TPSA) is 46.1 Å². The van der Waals surface area contributed by atoms with E-state index in [4.69, 9.17) is 21.9 Å². The summed E-state index contributed by atoms with van der Waals surface area (Å²) in [5.74, 6) is 0. The number of oxime groups is 1. The van der Waals surface area contributed by atoms with Gasteiger partial charge in [0.25, 0.3) is 5.17 Å². The summed E-state index contributed by atoms with van der Waals surface area (Å²) < 4.78 is 0. The van der Waals surface area contributed by atoms with E-state index in [9.17, 15) is 0 Å². The highest BCUT2D eigenvalue weighted by Crippen LogP contribution is 2.36. The summed E-state index contributed by atoms with van der Waals surface area (Å²) in [6, 6.07) is 10.8. The summed E-state index contributed by atoms with van der Waals surface area (Å²) in [6.45, 7) is 1.62. The molecule has 28 heavy (non-hydrogen) atoms. The molecule has 0 aromatic heterocycles. The van der Waals surface area contributed by atoms with E-state index in [1.807, 2.05) is 23.3 Å². The van der Waals surface area contributed by atoms with Crippen molar-refractivity contribution < 1.29 is 9.68 Å². The van der Waals surface area contributed by atoms with Gasteiger partial charge in [-0.1, -0.05) is 67.6 Å². The highest BCUT2D eigenvalue weighted by Gasteiger charge is 2.43. The maximum atomic E-state index is 5.94. The highest BCUT2D eigenvalue weighted by molar-refractivity contribution is 7.80. The van der Waals surface area contributed by atoms with E-state index >= 15 is 0 Å². The van der Waals surface area contributed by atoms with Crippen molar-refractivity contribution in [1.29, 1.82) is 0 Å². The molecule has 1 spiro atoms. The number of hydrogen-bond acceptors (Lipinski definition) is 5. The zero-order valence-electron chi connectivity index (χ0n) is 16.6. The Morgan fingerprint density at radius 3 is 2.46 bits per heavy atom. The van der Waals surface area contributed by atoms with Crippen molar-refractivity contribution in [3.63, 3.8) is 0 Å². The van der Waals surface area contributed by atoms with Crippen molar-refractivity contribution in [1.82, 2.24) is 10.4 Å². The third-order valence-electron chi connectivity index (χ3n) is 6.22. The Bertz CT molecular complexity index is 678. The van der Waals surface area contributed by atoms with E-state index in [0.29, 0.717) is 11.2 Å². The van der Waals surface area contributed by atoms with Gasteiger partial charge in [0.05, 0.1) is 5.71 Å². The average molecular weight is 402 g/mol. The van der Waals surface area contributed by atoms with Crippen LogP contribution in [0.15, 0.2) is 35.5 Å². The summed E-state index contributed by atoms with van der Waals surface area (Å²) in [7, 11) is 0. The molecule has 2 fully saturated rings. The predicted octanol–water partition coefficient (Wildman–Crippen LogP) is 4.56. The van der Waals surface area contributed by atoms with Crippen LogP contribution in [0.5, 0.6) is 0 Å². The van der Waals surface area contributed by atoms with E-state index in [0.717, 1.165) is 43.6 Å². The Hall–Kier alpha value is -1.66. The molecule has 1 aromatic carbocycles. The fourth-order valence-corrected chi connectivity index (χ4v) is 4.74. The van der Waals surface area contributed by atoms with Gasteiger partial charge in [-0.05, 0) is 30.6 Å². The fraction of sp³-hybridized carbons (Fsp3) is 0.636. The Kier molecular flexibility index (Phi) is 6.47. The predicted molar refractivity (Wildman–Crippen MR) is 115 cm³/mol. The van der Waals surface area contributed by atoms with Gasteiger partial charge in [0.15, 0.2) is 0 Å². The Balaban J connectivity index is 1.22. The number of hydroxylamine groups is 2. The maximum Gasteiger partial charge on any atom is 0.278 e. The summed E-state index contributed by atoms with van der Waals surface area (Å²) in [5, 5.41) is 10.3. The Morgan fingerprint density at radius 1 is 1.07 bits per heavy atom. The van der Waals surface area contributed by atoms with Crippen LogP contribution in [0.2, 0.25) is 0 Å². The van der Waals surface area contributed by atoms with Gasteiger partial charge in [-0.15, -0.1) is 5.06 Å². The molecule has 0 unspecified atom stereocenters. The monoisotopic (exact) mass is 401 g/mol. The second kappa shape index (κ2) is 9.23. The zero-order chi connectivity index (χ0) is 19.2. The molecule has 3 aliphatic rings. The molecular formula is C22H31N3O2S. The van der Waals surface area contributed by atoms with Crippen LogP contribution in [0, 0.1) is 0 Å². The van der Waals surface area contributed by atoms with E-state index in [1.165, 1.54) is 44.9 Å². The van der Waals surface area contributed by atoms with E-state index in [2.05, 4.69) is 22.6 Å². The lowest BCUT2D eigenvalue weighted by atomic mass is 9.86. The molecule has 1 N–H and O–H groups in total. The number of thiocarbonyl (C=S) groups is 1. The summed E-state index contributed by atoms with van der Waals surface area (Å²) in [6.07, 6.45) is 11.7. The van der Waals surface area contributed by atoms with Gasteiger partial charge < -0.3 is 15.0 Å². The minimum Gasteiger partial charge on any atom is -0.388 e. The van der Waals surface area contributed by atoms with Crippen molar-refractivity contribution in [2.24, 2.45) is 5.16 Å². The molecule has 4 rings (SSSR count). The van der Waals surface area contributed by atoms with E-state index in [1.54, 1.807) is 0 Å². The quantitative estimate of drug-likeness (QED) is 0.752. The van der Waals surface area contributed by atoms with Crippen LogP contribution in [-0.4, -0.2) is 40.7 Å². The van der Waals surface area contributed by atoms with Gasteiger partial charge >= 0.3 is 0 Å². The summed E-state index contributed by atoms with van der Waals surface area (Å²) >= 11 is 5.47. The Labute approximate surface area is 173 Å². The molecule has 1 aromatic rings. The number of rotatable bonds is 3. The first kappa shape index (κ1) is 19.6. The van der Waals surface area contributed by atoms with Gasteiger partial charge in [0.2, 0.25) is 0 Å². The molecule has 152 valence electrons. The molecule has 0 bridgehead atoms. The number of benzene rings is 1. The highest BCUT2D eigenvalue weighted by atomic mass is 32.1. The van der Waals surface area contributed by atoms with Crippen molar-refractivity contribution in [3.05, 3.63) is 35.9 Å². The summed E-state index contributed by atoms with van der Waals surface area (Å²) in [4.78, 5) is 11.8. The molecule has 0 radical (unpaired) electrons. The average Bonchev–Trinajstić information content (AvgIpc) is 3.10. The van der Waals surface area contributed by atoms with Crippen LogP contribution < -0.4 is 5.32 Å². The van der Waals surface area contributed by atoms with Crippen LogP contribution in [0.4, 0.5) is 0 Å². The molecule has 1 aliphatic carbocycles. The van der Waals surface area contributed by atoms with E-state index in [-0.39, 0.29) is 5.60 Å². The van der Waals surface area contributed by atoms with Crippen LogP contribution in [0.3, 0.4) is 0 Å². The lowest BCUT2D eigenvalue weighted by Gasteiger charge is -2.36. The number of hydrogen-bond donors (Lipinski definition) is 1. The van der Waals surface area contributed by atoms with Crippen molar-refractivity contribution in [3.8, 4) is 0 Å². The molecular weight excluding hydrogens is 370 g/mol. The first-order valence-electron chi connectivity index (χ1n) is 10.8. The van der Waals surface area contributed by atoms with Gasteiger partial charge in [-0.2, -0.15) is 0 Å². The van der Waals surface area contributed by atoms with Gasteiger partial charge in [0, 0.05) is 38.4 Å². The molecule has 1 saturated heterocycles. The van der Waals surface area contributed by atoms with Crippen LogP contribution in [0.1, 0.15) is 69.8 Å². The van der Waals surface area contributed by atoms with Crippen molar-refractivity contribution in [2.75, 3.05) is 13.1 Å². The minimum atomic E-state index is -0.181. The maximum absolute atomic E-state index is 5.94. The number of nitrogens with one attached hydrogen (secondary N) is 1. The molecule has 2 aliphatic heterocycles. The smallest absolute Gasteiger partial charge is 0.278 e. The Morgan fingerprint density at radius 2 is 1.75 bits per heavy atom. The van der Waals surface area contributed by atoms with Gasteiger partial charge in [-0.3, -0.25) is 0 Å². The number of nitrogens with zero attached hydrogens (tertiary/aromatic N) is 2. The zero-order valence-corrected chi connectivity index (χ0v) is 17.4. The lowest BCUT2D eigenvalue weighted by Crippen LogP contribution is -2.47. The molecule has 0 amide bonds. The lowest BCUT2D eigenvalue weighted by molar-refractivity contribution is -0.145.